The Morgan fingerprint density at radius 1 is 0.969 bits per heavy atom. The number of ether oxygens (including phenoxy) is 1. The number of carbonyl (C=O) groups is 3. The monoisotopic (exact) mass is 470 g/mol. The Kier molecular flexibility index (Phi) is 6.86. The van der Waals surface area contributed by atoms with E-state index in [4.69, 9.17) is 16.3 Å². The lowest BCUT2D eigenvalue weighted by Crippen LogP contribution is -2.50. The number of hydrogen-bond acceptors (Lipinski definition) is 6. The Hall–Kier alpha value is -2.77. The normalized spacial score (nSPS) is 16.3. The summed E-state index contributed by atoms with van der Waals surface area (Å²) in [5.74, 6) is 0.255. The molecule has 0 unspecified atom stereocenters. The first-order chi connectivity index (χ1) is 15.5. The first-order valence-corrected chi connectivity index (χ1v) is 11.8. The van der Waals surface area contributed by atoms with Crippen molar-refractivity contribution in [2.24, 2.45) is 0 Å². The van der Waals surface area contributed by atoms with Gasteiger partial charge >= 0.3 is 6.09 Å². The standard InChI is InChI=1S/C24H23ClN2O4S/c1-2-31-24(30)27-13-11-26(12-14-27)20-21(28)18-5-3-4-6-19(18)22(29)23(20)32-15-16-7-9-17(25)10-8-16/h3-10H,2,11-15H2,1H3. The molecule has 0 atom stereocenters. The molecule has 1 aliphatic carbocycles. The van der Waals surface area contributed by atoms with Gasteiger partial charge in [0.2, 0.25) is 11.6 Å². The van der Waals surface area contributed by atoms with Crippen molar-refractivity contribution in [1.29, 1.82) is 0 Å². The second-order valence-corrected chi connectivity index (χ2v) is 8.89. The molecule has 2 aromatic carbocycles. The van der Waals surface area contributed by atoms with Crippen LogP contribution < -0.4 is 0 Å². The van der Waals surface area contributed by atoms with Gasteiger partial charge in [-0.1, -0.05) is 48.0 Å². The fraction of sp³-hybridized carbons (Fsp3) is 0.292. The van der Waals surface area contributed by atoms with Crippen molar-refractivity contribution in [2.45, 2.75) is 12.7 Å². The Morgan fingerprint density at radius 3 is 2.22 bits per heavy atom. The number of benzene rings is 2. The molecule has 1 heterocycles. The number of ketones is 2. The molecule has 1 saturated heterocycles. The predicted molar refractivity (Wildman–Crippen MR) is 125 cm³/mol. The van der Waals surface area contributed by atoms with Gasteiger partial charge in [-0.25, -0.2) is 4.79 Å². The molecule has 0 aromatic heterocycles. The fourth-order valence-corrected chi connectivity index (χ4v) is 5.05. The first-order valence-electron chi connectivity index (χ1n) is 10.5. The molecule has 4 rings (SSSR count). The van der Waals surface area contributed by atoms with Gasteiger partial charge in [-0.2, -0.15) is 0 Å². The number of hydrogen-bond donors (Lipinski definition) is 0. The second-order valence-electron chi connectivity index (χ2n) is 7.47. The van der Waals surface area contributed by atoms with Crippen LogP contribution in [0.1, 0.15) is 33.2 Å². The van der Waals surface area contributed by atoms with Gasteiger partial charge in [0, 0.05) is 48.1 Å². The molecule has 32 heavy (non-hydrogen) atoms. The number of thioether (sulfide) groups is 1. The summed E-state index contributed by atoms with van der Waals surface area (Å²) in [6, 6.07) is 14.4. The number of carbonyl (C=O) groups excluding carboxylic acids is 3. The third-order valence-electron chi connectivity index (χ3n) is 5.47. The number of rotatable bonds is 5. The van der Waals surface area contributed by atoms with Gasteiger partial charge in [-0.15, -0.1) is 11.8 Å². The summed E-state index contributed by atoms with van der Waals surface area (Å²) in [7, 11) is 0. The Labute approximate surface area is 196 Å². The molecule has 2 aromatic rings. The van der Waals surface area contributed by atoms with Gasteiger partial charge in [-0.05, 0) is 24.6 Å². The van der Waals surface area contributed by atoms with Crippen LogP contribution in [0.5, 0.6) is 0 Å². The molecule has 1 amide bonds. The highest BCUT2D eigenvalue weighted by atomic mass is 35.5. The number of fused-ring (bicyclic) bond motifs is 1. The van der Waals surface area contributed by atoms with Crippen molar-refractivity contribution in [2.75, 3.05) is 32.8 Å². The Balaban J connectivity index is 1.62. The van der Waals surface area contributed by atoms with Crippen molar-refractivity contribution in [3.05, 3.63) is 80.8 Å². The quantitative estimate of drug-likeness (QED) is 0.634. The van der Waals surface area contributed by atoms with Gasteiger partial charge in [0.15, 0.2) is 0 Å². The van der Waals surface area contributed by atoms with Gasteiger partial charge in [0.05, 0.1) is 11.5 Å². The molecule has 1 aliphatic heterocycles. The summed E-state index contributed by atoms with van der Waals surface area (Å²) in [5, 5.41) is 0.649. The summed E-state index contributed by atoms with van der Waals surface area (Å²) in [6.07, 6.45) is -0.352. The average Bonchev–Trinajstić information content (AvgIpc) is 2.82. The van der Waals surface area contributed by atoms with Crippen molar-refractivity contribution < 1.29 is 19.1 Å². The zero-order valence-corrected chi connectivity index (χ0v) is 19.2. The fourth-order valence-electron chi connectivity index (χ4n) is 3.82. The maximum absolute atomic E-state index is 13.5. The first kappa shape index (κ1) is 22.4. The minimum absolute atomic E-state index is 0.137. The molecule has 0 radical (unpaired) electrons. The number of Topliss-reactive ketones (excluding diaryl/α,β-unsaturated/α-hetero) is 2. The Bertz CT molecular complexity index is 1080. The molecule has 0 spiro atoms. The van der Waals surface area contributed by atoms with Crippen LogP contribution >= 0.6 is 23.4 Å². The van der Waals surface area contributed by atoms with Crippen LogP contribution in [-0.4, -0.2) is 60.2 Å². The van der Waals surface area contributed by atoms with E-state index in [-0.39, 0.29) is 17.7 Å². The molecule has 0 bridgehead atoms. The summed E-state index contributed by atoms with van der Waals surface area (Å²) < 4.78 is 5.09. The summed E-state index contributed by atoms with van der Waals surface area (Å²) >= 11 is 7.35. The minimum Gasteiger partial charge on any atom is -0.450 e. The molecule has 6 nitrogen and oxygen atoms in total. The zero-order chi connectivity index (χ0) is 22.7. The van der Waals surface area contributed by atoms with Crippen LogP contribution in [0.15, 0.2) is 59.1 Å². The molecule has 166 valence electrons. The van der Waals surface area contributed by atoms with Gasteiger partial charge in [0.25, 0.3) is 0 Å². The molecule has 0 saturated carbocycles. The largest absolute Gasteiger partial charge is 0.450 e. The number of amides is 1. The smallest absolute Gasteiger partial charge is 0.409 e. The average molecular weight is 471 g/mol. The zero-order valence-electron chi connectivity index (χ0n) is 17.7. The van der Waals surface area contributed by atoms with E-state index in [1.54, 1.807) is 36.1 Å². The van der Waals surface area contributed by atoms with Crippen molar-refractivity contribution in [1.82, 2.24) is 9.80 Å². The number of piperazine rings is 1. The third kappa shape index (κ3) is 4.54. The van der Waals surface area contributed by atoms with Crippen molar-refractivity contribution >= 4 is 41.0 Å². The van der Waals surface area contributed by atoms with Crippen LogP contribution in [-0.2, 0) is 10.5 Å². The van der Waals surface area contributed by atoms with Crippen LogP contribution in [0, 0.1) is 0 Å². The number of nitrogens with zero attached hydrogens (tertiary/aromatic N) is 2. The van der Waals surface area contributed by atoms with E-state index in [0.29, 0.717) is 65.3 Å². The molecule has 8 heteroatoms. The van der Waals surface area contributed by atoms with Gasteiger partial charge in [0.1, 0.15) is 5.70 Å². The lowest BCUT2D eigenvalue weighted by molar-refractivity contribution is 0.0805. The van der Waals surface area contributed by atoms with E-state index in [1.165, 1.54) is 11.8 Å². The minimum atomic E-state index is -0.352. The van der Waals surface area contributed by atoms with Crippen LogP contribution in [0.2, 0.25) is 5.02 Å². The predicted octanol–water partition coefficient (Wildman–Crippen LogP) is 4.64. The third-order valence-corrected chi connectivity index (χ3v) is 6.87. The topological polar surface area (TPSA) is 66.9 Å². The highest BCUT2D eigenvalue weighted by Crippen LogP contribution is 2.36. The maximum atomic E-state index is 13.5. The highest BCUT2D eigenvalue weighted by Gasteiger charge is 2.36. The van der Waals surface area contributed by atoms with E-state index >= 15 is 0 Å². The molecular formula is C24H23ClN2O4S. The van der Waals surface area contributed by atoms with Gasteiger partial charge < -0.3 is 14.5 Å². The van der Waals surface area contributed by atoms with Gasteiger partial charge in [-0.3, -0.25) is 9.59 Å². The van der Waals surface area contributed by atoms with E-state index in [2.05, 4.69) is 0 Å². The van der Waals surface area contributed by atoms with Crippen molar-refractivity contribution in [3.8, 4) is 0 Å². The van der Waals surface area contributed by atoms with Crippen LogP contribution in [0.3, 0.4) is 0 Å². The molecule has 2 aliphatic rings. The number of allylic oxidation sites excluding steroid dienone is 2. The highest BCUT2D eigenvalue weighted by molar-refractivity contribution is 8.03. The van der Waals surface area contributed by atoms with Crippen molar-refractivity contribution in [3.63, 3.8) is 0 Å². The van der Waals surface area contributed by atoms with Crippen LogP contribution in [0.4, 0.5) is 4.79 Å². The lowest BCUT2D eigenvalue weighted by atomic mass is 9.91. The second kappa shape index (κ2) is 9.79. The lowest BCUT2D eigenvalue weighted by Gasteiger charge is -2.38. The van der Waals surface area contributed by atoms with E-state index in [1.807, 2.05) is 29.2 Å². The molecular weight excluding hydrogens is 448 g/mol. The SMILES string of the molecule is CCOC(=O)N1CCN(C2=C(SCc3ccc(Cl)cc3)C(=O)c3ccccc3C2=O)CC1. The molecule has 1 fully saturated rings. The maximum Gasteiger partial charge on any atom is 0.409 e. The summed E-state index contributed by atoms with van der Waals surface area (Å²) in [6.45, 7) is 3.87. The Morgan fingerprint density at radius 2 is 1.59 bits per heavy atom. The van der Waals surface area contributed by atoms with E-state index in [9.17, 15) is 14.4 Å². The summed E-state index contributed by atoms with van der Waals surface area (Å²) in [4.78, 5) is 42.9. The number of halogens is 1. The van der Waals surface area contributed by atoms with Crippen LogP contribution in [0.25, 0.3) is 0 Å². The van der Waals surface area contributed by atoms with E-state index < -0.39 is 0 Å². The summed E-state index contributed by atoms with van der Waals surface area (Å²) in [5.41, 5.74) is 2.30. The molecule has 0 N–H and O–H groups in total. The van der Waals surface area contributed by atoms with E-state index in [0.717, 1.165) is 5.56 Å².